The lowest BCUT2D eigenvalue weighted by Crippen LogP contribution is -2.61. The molecule has 13 heteroatoms. The number of aromatic nitrogens is 2. The van der Waals surface area contributed by atoms with Crippen molar-refractivity contribution in [3.63, 3.8) is 0 Å². The van der Waals surface area contributed by atoms with Crippen molar-refractivity contribution in [2.75, 3.05) is 5.32 Å². The number of nitrogens with zero attached hydrogens (tertiary/aromatic N) is 1. The number of benzene rings is 1. The van der Waals surface area contributed by atoms with E-state index in [0.29, 0.717) is 4.57 Å². The van der Waals surface area contributed by atoms with Gasteiger partial charge in [-0.15, -0.1) is 6.58 Å². The van der Waals surface area contributed by atoms with Crippen LogP contribution >= 0.6 is 0 Å². The molecular weight excluding hydrogens is 417 g/mol. The van der Waals surface area contributed by atoms with E-state index in [2.05, 4.69) is 6.58 Å². The van der Waals surface area contributed by atoms with E-state index in [1.54, 1.807) is 4.98 Å². The minimum absolute atomic E-state index is 0.350. The Bertz CT molecular complexity index is 1220. The number of fused-ring (bicyclic) bond motifs is 1. The van der Waals surface area contributed by atoms with Crippen LogP contribution in [0.5, 0.6) is 0 Å². The summed E-state index contributed by atoms with van der Waals surface area (Å²) in [5.74, 6) is -2.63. The van der Waals surface area contributed by atoms with E-state index in [1.807, 2.05) is 5.32 Å². The van der Waals surface area contributed by atoms with Crippen LogP contribution in [0.2, 0.25) is 0 Å². The first-order chi connectivity index (χ1) is 13.5. The van der Waals surface area contributed by atoms with Crippen molar-refractivity contribution in [1.82, 2.24) is 14.3 Å². The molecule has 29 heavy (non-hydrogen) atoms. The van der Waals surface area contributed by atoms with Crippen LogP contribution < -0.4 is 21.3 Å². The van der Waals surface area contributed by atoms with Gasteiger partial charge in [-0.2, -0.15) is 17.9 Å². The van der Waals surface area contributed by atoms with Crippen LogP contribution in [0.15, 0.2) is 57.5 Å². The Morgan fingerprint density at radius 2 is 1.79 bits per heavy atom. The molecule has 0 radical (unpaired) electrons. The summed E-state index contributed by atoms with van der Waals surface area (Å²) in [5.41, 5.74) is -7.88. The van der Waals surface area contributed by atoms with Crippen molar-refractivity contribution in [2.45, 2.75) is 23.2 Å². The first-order valence-electron chi connectivity index (χ1n) is 7.91. The molecule has 0 bridgehead atoms. The van der Waals surface area contributed by atoms with E-state index in [4.69, 9.17) is 0 Å². The zero-order valence-corrected chi connectivity index (χ0v) is 15.2. The monoisotopic (exact) mass is 430 g/mol. The molecule has 2 heterocycles. The third kappa shape index (κ3) is 3.07. The zero-order chi connectivity index (χ0) is 21.6. The Morgan fingerprint density at radius 1 is 1.17 bits per heavy atom. The van der Waals surface area contributed by atoms with Gasteiger partial charge < -0.3 is 5.32 Å². The first-order valence-corrected chi connectivity index (χ1v) is 9.39. The molecule has 3 rings (SSSR count). The number of hydrogen-bond acceptors (Lipinski definition) is 5. The summed E-state index contributed by atoms with van der Waals surface area (Å²) in [6, 6.07) is 6.01. The summed E-state index contributed by atoms with van der Waals surface area (Å²) in [4.78, 5) is 37.8. The van der Waals surface area contributed by atoms with Crippen molar-refractivity contribution in [2.24, 2.45) is 0 Å². The minimum Gasteiger partial charge on any atom is -0.309 e. The van der Waals surface area contributed by atoms with Gasteiger partial charge in [0.2, 0.25) is 15.6 Å². The second-order valence-corrected chi connectivity index (χ2v) is 7.69. The predicted octanol–water partition coefficient (Wildman–Crippen LogP) is 0.411. The van der Waals surface area contributed by atoms with Gasteiger partial charge in [-0.3, -0.25) is 19.1 Å². The van der Waals surface area contributed by atoms with Crippen LogP contribution in [0.4, 0.5) is 19.0 Å². The lowest BCUT2D eigenvalue weighted by atomic mass is 9.94. The van der Waals surface area contributed by atoms with Gasteiger partial charge in [-0.25, -0.2) is 13.2 Å². The van der Waals surface area contributed by atoms with Gasteiger partial charge in [0.1, 0.15) is 5.82 Å². The largest absolute Gasteiger partial charge is 0.421 e. The van der Waals surface area contributed by atoms with Crippen molar-refractivity contribution in [3.8, 4) is 0 Å². The van der Waals surface area contributed by atoms with E-state index in [1.165, 1.54) is 22.9 Å². The number of sulfonamides is 1. The molecule has 0 spiro atoms. The molecular formula is C16H13F3N4O5S. The van der Waals surface area contributed by atoms with Gasteiger partial charge in [0.15, 0.2) is 0 Å². The lowest BCUT2D eigenvalue weighted by Gasteiger charge is -2.29. The number of halogens is 3. The third-order valence-electron chi connectivity index (χ3n) is 4.22. The Morgan fingerprint density at radius 3 is 2.34 bits per heavy atom. The summed E-state index contributed by atoms with van der Waals surface area (Å²) in [5, 5.41) is 1.81. The molecule has 0 saturated heterocycles. The number of carbonyl (C=O) groups is 1. The second kappa shape index (κ2) is 6.70. The minimum atomic E-state index is -5.56. The molecule has 1 aromatic carbocycles. The molecule has 3 N–H and O–H groups in total. The Labute approximate surface area is 160 Å². The maximum Gasteiger partial charge on any atom is 0.421 e. The van der Waals surface area contributed by atoms with Crippen LogP contribution in [0.3, 0.4) is 0 Å². The fraction of sp³-hybridized carbons (Fsp3) is 0.188. The SMILES string of the molecule is C=CCn1c2c(c(=O)[nH]c1=O)[C@@](NS(=O)(=O)c1ccccc1)(C(F)(F)F)C(=O)N2. The highest BCUT2D eigenvalue weighted by molar-refractivity contribution is 7.89. The number of hydrogen-bond donors (Lipinski definition) is 3. The Hall–Kier alpha value is -3.19. The third-order valence-corrected chi connectivity index (χ3v) is 5.69. The molecule has 0 aliphatic carbocycles. The Balaban J connectivity index is 2.34. The number of alkyl halides is 3. The summed E-state index contributed by atoms with van der Waals surface area (Å²) >= 11 is 0. The fourth-order valence-corrected chi connectivity index (χ4v) is 4.30. The van der Waals surface area contributed by atoms with Crippen LogP contribution in [0.25, 0.3) is 0 Å². The quantitative estimate of drug-likeness (QED) is 0.592. The second-order valence-electron chi connectivity index (χ2n) is 6.00. The number of amides is 1. The van der Waals surface area contributed by atoms with Gasteiger partial charge in [-0.1, -0.05) is 24.3 Å². The van der Waals surface area contributed by atoms with Crippen molar-refractivity contribution in [1.29, 1.82) is 0 Å². The lowest BCUT2D eigenvalue weighted by molar-refractivity contribution is -0.194. The van der Waals surface area contributed by atoms with Crippen LogP contribution in [-0.4, -0.2) is 30.1 Å². The number of anilines is 1. The van der Waals surface area contributed by atoms with E-state index in [0.717, 1.165) is 18.2 Å². The number of allylic oxidation sites excluding steroid dienone is 1. The van der Waals surface area contributed by atoms with E-state index in [-0.39, 0.29) is 6.54 Å². The van der Waals surface area contributed by atoms with Gasteiger partial charge >= 0.3 is 11.9 Å². The standard InChI is InChI=1S/C16H13F3N4O5S/c1-2-8-23-11-10(12(24)21-14(23)26)15(13(25)20-11,16(17,18)19)22-29(27,28)9-6-4-3-5-7-9/h2-7,22H,1,8H2,(H,20,25)(H,21,24,26)/t15-/m0/s1. The molecule has 1 aliphatic heterocycles. The molecule has 0 unspecified atom stereocenters. The summed E-state index contributed by atoms with van der Waals surface area (Å²) in [7, 11) is -4.90. The molecule has 2 aromatic rings. The molecule has 154 valence electrons. The average molecular weight is 430 g/mol. The molecule has 1 amide bonds. The number of nitrogens with one attached hydrogen (secondary N) is 3. The summed E-state index contributed by atoms with van der Waals surface area (Å²) < 4.78 is 69.6. The maximum atomic E-state index is 14.1. The molecule has 0 fully saturated rings. The van der Waals surface area contributed by atoms with E-state index in [9.17, 15) is 36.0 Å². The smallest absolute Gasteiger partial charge is 0.309 e. The highest BCUT2D eigenvalue weighted by Gasteiger charge is 2.69. The van der Waals surface area contributed by atoms with Gasteiger partial charge in [0.25, 0.3) is 11.5 Å². The van der Waals surface area contributed by atoms with Crippen LogP contribution in [0.1, 0.15) is 5.56 Å². The Kier molecular flexibility index (Phi) is 4.75. The molecule has 1 aromatic heterocycles. The predicted molar refractivity (Wildman–Crippen MR) is 94.6 cm³/mol. The summed E-state index contributed by atoms with van der Waals surface area (Å²) in [6.45, 7) is 3.00. The highest BCUT2D eigenvalue weighted by atomic mass is 32.2. The van der Waals surface area contributed by atoms with Gasteiger partial charge in [-0.05, 0) is 12.1 Å². The van der Waals surface area contributed by atoms with E-state index < -0.39 is 55.2 Å². The zero-order valence-electron chi connectivity index (χ0n) is 14.4. The number of aromatic amines is 1. The van der Waals surface area contributed by atoms with Gasteiger partial charge in [0, 0.05) is 6.54 Å². The van der Waals surface area contributed by atoms with Crippen LogP contribution in [-0.2, 0) is 26.9 Å². The first kappa shape index (κ1) is 20.5. The highest BCUT2D eigenvalue weighted by Crippen LogP contribution is 2.45. The number of H-pyrrole nitrogens is 1. The maximum absolute atomic E-state index is 14.1. The number of carbonyl (C=O) groups excluding carboxylic acids is 1. The van der Waals surface area contributed by atoms with Crippen molar-refractivity contribution >= 4 is 21.7 Å². The molecule has 1 atom stereocenters. The normalized spacial score (nSPS) is 18.9. The number of rotatable bonds is 5. The molecule has 9 nitrogen and oxygen atoms in total. The van der Waals surface area contributed by atoms with Crippen LogP contribution in [0, 0.1) is 0 Å². The average Bonchev–Trinajstić information content (AvgIpc) is 2.92. The topological polar surface area (TPSA) is 130 Å². The summed E-state index contributed by atoms with van der Waals surface area (Å²) in [6.07, 6.45) is -4.42. The molecule has 0 saturated carbocycles. The van der Waals surface area contributed by atoms with Crippen molar-refractivity contribution < 1.29 is 26.4 Å². The van der Waals surface area contributed by atoms with Crippen molar-refractivity contribution in [3.05, 3.63) is 69.4 Å². The van der Waals surface area contributed by atoms with Gasteiger partial charge in [0.05, 0.1) is 10.5 Å². The van der Waals surface area contributed by atoms with E-state index >= 15 is 0 Å². The fourth-order valence-electron chi connectivity index (χ4n) is 2.95. The molecule has 1 aliphatic rings.